The second kappa shape index (κ2) is 4.21. The van der Waals surface area contributed by atoms with E-state index in [2.05, 4.69) is 21.2 Å². The van der Waals surface area contributed by atoms with E-state index in [1.807, 2.05) is 0 Å². The van der Waals surface area contributed by atoms with Gasteiger partial charge in [0.2, 0.25) is 0 Å². The number of rotatable bonds is 2. The molecule has 0 heterocycles. The summed E-state index contributed by atoms with van der Waals surface area (Å²) in [4.78, 5) is 0. The second-order valence-corrected chi connectivity index (χ2v) is 3.71. The SMILES string of the molecule is CNCc1cc(Br)cc(Cl)c1F. The molecule has 0 aromatic heterocycles. The smallest absolute Gasteiger partial charge is 0.146 e. The molecule has 0 atom stereocenters. The lowest BCUT2D eigenvalue weighted by Crippen LogP contribution is -2.07. The molecule has 0 spiro atoms. The van der Waals surface area contributed by atoms with E-state index < -0.39 is 0 Å². The maximum Gasteiger partial charge on any atom is 0.146 e. The van der Waals surface area contributed by atoms with Crippen molar-refractivity contribution in [2.24, 2.45) is 0 Å². The zero-order valence-electron chi connectivity index (χ0n) is 6.50. The van der Waals surface area contributed by atoms with Crippen LogP contribution < -0.4 is 5.32 Å². The Hall–Kier alpha value is -0.120. The van der Waals surface area contributed by atoms with Gasteiger partial charge in [-0.3, -0.25) is 0 Å². The molecule has 1 aromatic rings. The predicted octanol–water partition coefficient (Wildman–Crippen LogP) is 2.96. The van der Waals surface area contributed by atoms with Gasteiger partial charge in [-0.25, -0.2) is 4.39 Å². The van der Waals surface area contributed by atoms with E-state index in [1.54, 1.807) is 13.1 Å². The molecule has 0 amide bonds. The molecule has 4 heteroatoms. The Balaban J connectivity index is 3.09. The molecule has 0 saturated heterocycles. The first-order valence-corrected chi connectivity index (χ1v) is 4.60. The van der Waals surface area contributed by atoms with Crippen molar-refractivity contribution in [3.8, 4) is 0 Å². The van der Waals surface area contributed by atoms with Gasteiger partial charge in [0.1, 0.15) is 5.82 Å². The second-order valence-electron chi connectivity index (χ2n) is 2.39. The largest absolute Gasteiger partial charge is 0.316 e. The van der Waals surface area contributed by atoms with Crippen LogP contribution in [0.4, 0.5) is 4.39 Å². The average molecular weight is 253 g/mol. The van der Waals surface area contributed by atoms with Gasteiger partial charge in [0.15, 0.2) is 0 Å². The molecule has 66 valence electrons. The van der Waals surface area contributed by atoms with Crippen molar-refractivity contribution >= 4 is 27.5 Å². The van der Waals surface area contributed by atoms with Gasteiger partial charge < -0.3 is 5.32 Å². The molecule has 1 nitrogen and oxygen atoms in total. The van der Waals surface area contributed by atoms with Crippen LogP contribution in [0.3, 0.4) is 0 Å². The van der Waals surface area contributed by atoms with Crippen LogP contribution in [0.25, 0.3) is 0 Å². The fourth-order valence-electron chi connectivity index (χ4n) is 0.928. The van der Waals surface area contributed by atoms with Crippen LogP contribution in [0.15, 0.2) is 16.6 Å². The monoisotopic (exact) mass is 251 g/mol. The summed E-state index contributed by atoms with van der Waals surface area (Å²) in [5.41, 5.74) is 0.567. The Kier molecular flexibility index (Phi) is 3.50. The first-order valence-electron chi connectivity index (χ1n) is 3.43. The highest BCUT2D eigenvalue weighted by molar-refractivity contribution is 9.10. The zero-order chi connectivity index (χ0) is 9.14. The van der Waals surface area contributed by atoms with Crippen molar-refractivity contribution in [2.45, 2.75) is 6.54 Å². The maximum absolute atomic E-state index is 13.2. The van der Waals surface area contributed by atoms with Crippen molar-refractivity contribution in [1.82, 2.24) is 5.32 Å². The number of halogens is 3. The van der Waals surface area contributed by atoms with Crippen LogP contribution in [0.5, 0.6) is 0 Å². The maximum atomic E-state index is 13.2. The van der Waals surface area contributed by atoms with E-state index in [0.717, 1.165) is 4.47 Å². The summed E-state index contributed by atoms with van der Waals surface area (Å²) >= 11 is 8.86. The molecule has 1 N–H and O–H groups in total. The van der Waals surface area contributed by atoms with Crippen LogP contribution in [0.1, 0.15) is 5.56 Å². The third-order valence-corrected chi connectivity index (χ3v) is 2.17. The molecular weight excluding hydrogens is 244 g/mol. The quantitative estimate of drug-likeness (QED) is 0.798. The molecule has 0 radical (unpaired) electrons. The first kappa shape index (κ1) is 9.96. The highest BCUT2D eigenvalue weighted by Gasteiger charge is 2.06. The van der Waals surface area contributed by atoms with Crippen molar-refractivity contribution in [2.75, 3.05) is 7.05 Å². The summed E-state index contributed by atoms with van der Waals surface area (Å²) in [6, 6.07) is 3.24. The highest BCUT2D eigenvalue weighted by Crippen LogP contribution is 2.23. The van der Waals surface area contributed by atoms with Gasteiger partial charge in [0, 0.05) is 16.6 Å². The lowest BCUT2D eigenvalue weighted by molar-refractivity contribution is 0.601. The lowest BCUT2D eigenvalue weighted by Gasteiger charge is -2.04. The predicted molar refractivity (Wildman–Crippen MR) is 51.9 cm³/mol. The molecule has 12 heavy (non-hydrogen) atoms. The van der Waals surface area contributed by atoms with Crippen LogP contribution in [-0.4, -0.2) is 7.05 Å². The summed E-state index contributed by atoms with van der Waals surface area (Å²) < 4.78 is 14.0. The Morgan fingerprint density at radius 2 is 2.25 bits per heavy atom. The van der Waals surface area contributed by atoms with Crippen LogP contribution in [0.2, 0.25) is 5.02 Å². The molecule has 0 unspecified atom stereocenters. The van der Waals surface area contributed by atoms with Gasteiger partial charge in [0.05, 0.1) is 5.02 Å². The third-order valence-electron chi connectivity index (χ3n) is 1.44. The number of hydrogen-bond acceptors (Lipinski definition) is 1. The number of benzene rings is 1. The molecule has 0 bridgehead atoms. The van der Waals surface area contributed by atoms with Crippen LogP contribution in [-0.2, 0) is 6.54 Å². The Bertz CT molecular complexity index is 291. The summed E-state index contributed by atoms with van der Waals surface area (Å²) in [5.74, 6) is -0.353. The average Bonchev–Trinajstić information content (AvgIpc) is 2.00. The van der Waals surface area contributed by atoms with Gasteiger partial charge >= 0.3 is 0 Å². The molecule has 0 aliphatic heterocycles. The molecular formula is C8H8BrClFN. The topological polar surface area (TPSA) is 12.0 Å². The molecule has 0 aliphatic rings. The summed E-state index contributed by atoms with van der Waals surface area (Å²) in [6.07, 6.45) is 0. The molecule has 1 aromatic carbocycles. The minimum Gasteiger partial charge on any atom is -0.316 e. The van der Waals surface area contributed by atoms with E-state index in [0.29, 0.717) is 12.1 Å². The van der Waals surface area contributed by atoms with Crippen LogP contribution in [0, 0.1) is 5.82 Å². The van der Waals surface area contributed by atoms with E-state index in [1.165, 1.54) is 6.07 Å². The van der Waals surface area contributed by atoms with Gasteiger partial charge in [-0.2, -0.15) is 0 Å². The van der Waals surface area contributed by atoms with Crippen LogP contribution >= 0.6 is 27.5 Å². The summed E-state index contributed by atoms with van der Waals surface area (Å²) in [6.45, 7) is 0.477. The van der Waals surface area contributed by atoms with Gasteiger partial charge in [0.25, 0.3) is 0 Å². The van der Waals surface area contributed by atoms with Crippen molar-refractivity contribution in [3.63, 3.8) is 0 Å². The Morgan fingerprint density at radius 3 is 2.83 bits per heavy atom. The zero-order valence-corrected chi connectivity index (χ0v) is 8.84. The van der Waals surface area contributed by atoms with Crippen molar-refractivity contribution < 1.29 is 4.39 Å². The molecule has 0 aliphatic carbocycles. The minimum absolute atomic E-state index is 0.148. The lowest BCUT2D eigenvalue weighted by atomic mass is 10.2. The van der Waals surface area contributed by atoms with Crippen molar-refractivity contribution in [1.29, 1.82) is 0 Å². The van der Waals surface area contributed by atoms with E-state index in [4.69, 9.17) is 11.6 Å². The normalized spacial score (nSPS) is 10.3. The van der Waals surface area contributed by atoms with Gasteiger partial charge in [-0.1, -0.05) is 27.5 Å². The molecule has 0 saturated carbocycles. The molecule has 0 fully saturated rings. The minimum atomic E-state index is -0.353. The summed E-state index contributed by atoms with van der Waals surface area (Å²) in [5, 5.41) is 3.01. The van der Waals surface area contributed by atoms with E-state index >= 15 is 0 Å². The first-order chi connectivity index (χ1) is 5.65. The fourth-order valence-corrected chi connectivity index (χ4v) is 1.80. The number of nitrogens with one attached hydrogen (secondary N) is 1. The van der Waals surface area contributed by atoms with Gasteiger partial charge in [-0.05, 0) is 19.2 Å². The Labute approximate surface area is 84.0 Å². The fraction of sp³-hybridized carbons (Fsp3) is 0.250. The van der Waals surface area contributed by atoms with E-state index in [-0.39, 0.29) is 10.8 Å². The standard InChI is InChI=1S/C8H8BrClFN/c1-12-4-5-2-6(9)3-7(10)8(5)11/h2-3,12H,4H2,1H3. The Morgan fingerprint density at radius 1 is 1.58 bits per heavy atom. The summed E-state index contributed by atoms with van der Waals surface area (Å²) in [7, 11) is 1.76. The van der Waals surface area contributed by atoms with E-state index in [9.17, 15) is 4.39 Å². The molecule has 1 rings (SSSR count). The number of hydrogen-bond donors (Lipinski definition) is 1. The van der Waals surface area contributed by atoms with Crippen molar-refractivity contribution in [3.05, 3.63) is 33.0 Å². The van der Waals surface area contributed by atoms with Gasteiger partial charge in [-0.15, -0.1) is 0 Å². The third kappa shape index (κ3) is 2.19. The highest BCUT2D eigenvalue weighted by atomic mass is 79.9.